The van der Waals surface area contributed by atoms with Gasteiger partial charge in [-0.1, -0.05) is 21.9 Å². The fraction of sp³-hybridized carbons (Fsp3) is 0.0400. The minimum atomic E-state index is -4.77. The summed E-state index contributed by atoms with van der Waals surface area (Å²) in [7, 11) is 37.5. The Morgan fingerprint density at radius 1 is 0.318 bits per heavy atom. The van der Waals surface area contributed by atoms with Crippen LogP contribution in [0, 0.1) is 69.8 Å². The lowest BCUT2D eigenvalue weighted by Gasteiger charge is -2.41. The standard InChI is InChI=1S/C25HB7F12/c26-2-1-3(33)14(34)4(8(2)27)25(5-9(28)20(40)11(30)10(29)15(5)35,6-16(36)21(41)12(31)22(42)17(6)37)7-18(38)23(43)13(32)24(44)19(7)39/h1H. The molecule has 0 aromatic heterocycles. The van der Waals surface area contributed by atoms with Crippen LogP contribution in [0.4, 0.5) is 52.7 Å². The third kappa shape index (κ3) is 4.28. The molecule has 19 heteroatoms. The number of benzene rings is 4. The van der Waals surface area contributed by atoms with E-state index in [9.17, 15) is 22.0 Å². The van der Waals surface area contributed by atoms with Crippen LogP contribution in [0.1, 0.15) is 22.3 Å². The van der Waals surface area contributed by atoms with Gasteiger partial charge < -0.3 is 0 Å². The molecule has 0 aliphatic heterocycles. The molecule has 4 aromatic carbocycles. The maximum absolute atomic E-state index is 16.2. The van der Waals surface area contributed by atoms with Crippen molar-refractivity contribution in [3.05, 3.63) is 98.1 Å². The first-order valence-corrected chi connectivity index (χ1v) is 11.4. The maximum Gasteiger partial charge on any atom is 0.166 e. The van der Waals surface area contributed by atoms with Crippen LogP contribution < -0.4 is 38.2 Å². The van der Waals surface area contributed by atoms with Gasteiger partial charge in [-0.3, -0.25) is 0 Å². The van der Waals surface area contributed by atoms with Gasteiger partial charge in [-0.25, -0.2) is 52.7 Å². The van der Waals surface area contributed by atoms with E-state index in [0.29, 0.717) is 0 Å². The van der Waals surface area contributed by atoms with Crippen LogP contribution in [-0.2, 0) is 5.41 Å². The van der Waals surface area contributed by atoms with Crippen LogP contribution in [-0.4, -0.2) is 54.9 Å². The predicted molar refractivity (Wildman–Crippen MR) is 142 cm³/mol. The van der Waals surface area contributed by atoms with E-state index in [4.69, 9.17) is 54.9 Å². The van der Waals surface area contributed by atoms with Gasteiger partial charge in [0.15, 0.2) is 58.2 Å². The fourth-order valence-corrected chi connectivity index (χ4v) is 4.84. The molecule has 44 heavy (non-hydrogen) atoms. The molecule has 206 valence electrons. The molecular weight excluding hydrogens is 604 g/mol. The quantitative estimate of drug-likeness (QED) is 0.125. The monoisotopic (exact) mass is 606 g/mol. The largest absolute Gasteiger partial charge is 0.208 e. The summed E-state index contributed by atoms with van der Waals surface area (Å²) in [6.45, 7) is 0. The van der Waals surface area contributed by atoms with E-state index in [1.54, 1.807) is 0 Å². The normalized spacial score (nSPS) is 11.8. The molecule has 4 rings (SSSR count). The Morgan fingerprint density at radius 3 is 1.05 bits per heavy atom. The molecule has 0 saturated carbocycles. The Kier molecular flexibility index (Phi) is 8.45. The minimum Gasteiger partial charge on any atom is -0.208 e. The second-order valence-electron chi connectivity index (χ2n) is 9.13. The maximum atomic E-state index is 16.2. The summed E-state index contributed by atoms with van der Waals surface area (Å²) in [6.07, 6.45) is 0. The van der Waals surface area contributed by atoms with Crippen LogP contribution in [0.2, 0.25) is 0 Å². The van der Waals surface area contributed by atoms with Crippen molar-refractivity contribution in [1.29, 1.82) is 0 Å². The molecule has 0 bridgehead atoms. The summed E-state index contributed by atoms with van der Waals surface area (Å²) in [6, 6.07) is 0.0598. The first-order chi connectivity index (χ1) is 20.3. The molecule has 0 aliphatic rings. The van der Waals surface area contributed by atoms with E-state index in [-0.39, 0.29) is 6.07 Å². The molecule has 0 N–H and O–H groups in total. The number of halogens is 12. The number of hydrogen-bond donors (Lipinski definition) is 0. The van der Waals surface area contributed by atoms with Crippen LogP contribution in [0.15, 0.2) is 6.07 Å². The van der Waals surface area contributed by atoms with Crippen LogP contribution in [0.3, 0.4) is 0 Å². The average Bonchev–Trinajstić information content (AvgIpc) is 2.98. The Morgan fingerprint density at radius 2 is 0.659 bits per heavy atom. The SMILES string of the molecule is [B]c1cc(F)c(F)c(C(c2c([B])c(F)c([B])c([B])c2F)(c2c(F)c(F)c([B])c(F)c2F)c2c(F)c(F)c([B])c(F)c2F)c1[B]. The molecule has 0 heterocycles. The molecule has 0 nitrogen and oxygen atoms in total. The first-order valence-electron chi connectivity index (χ1n) is 11.4. The number of rotatable bonds is 4. The van der Waals surface area contributed by atoms with Crippen molar-refractivity contribution in [3.63, 3.8) is 0 Å². The zero-order valence-corrected chi connectivity index (χ0v) is 21.2. The first kappa shape index (κ1) is 33.4. The summed E-state index contributed by atoms with van der Waals surface area (Å²) in [4.78, 5) is 0. The Labute approximate surface area is 249 Å². The molecule has 4 aromatic rings. The van der Waals surface area contributed by atoms with Gasteiger partial charge in [0.05, 0.1) is 5.41 Å². The van der Waals surface area contributed by atoms with E-state index >= 15 is 30.7 Å². The average molecular weight is 605 g/mol. The van der Waals surface area contributed by atoms with Crippen molar-refractivity contribution in [2.24, 2.45) is 0 Å². The summed E-state index contributed by atoms with van der Waals surface area (Å²) in [5.41, 5.74) is -26.2. The van der Waals surface area contributed by atoms with Crippen molar-refractivity contribution < 1.29 is 52.7 Å². The van der Waals surface area contributed by atoms with E-state index in [1.165, 1.54) is 0 Å². The lowest BCUT2D eigenvalue weighted by Crippen LogP contribution is -2.52. The zero-order chi connectivity index (χ0) is 33.5. The van der Waals surface area contributed by atoms with E-state index in [1.807, 2.05) is 0 Å². The molecule has 0 amide bonds. The summed E-state index contributed by atoms with van der Waals surface area (Å²) in [5.74, 6) is -31.5. The smallest absolute Gasteiger partial charge is 0.166 e. The van der Waals surface area contributed by atoms with Crippen molar-refractivity contribution in [2.75, 3.05) is 0 Å². The van der Waals surface area contributed by atoms with Gasteiger partial charge in [0.25, 0.3) is 0 Å². The topological polar surface area (TPSA) is 0 Å². The second kappa shape index (κ2) is 11.1. The Bertz CT molecular complexity index is 1650. The molecule has 0 atom stereocenters. The van der Waals surface area contributed by atoms with Crippen LogP contribution >= 0.6 is 0 Å². The van der Waals surface area contributed by atoms with Gasteiger partial charge in [0.2, 0.25) is 0 Å². The summed E-state index contributed by atoms with van der Waals surface area (Å²) < 4.78 is 186. The molecule has 0 saturated heterocycles. The van der Waals surface area contributed by atoms with Crippen molar-refractivity contribution in [3.8, 4) is 0 Å². The highest BCUT2D eigenvalue weighted by atomic mass is 19.2. The minimum absolute atomic E-state index is 0.0598. The molecule has 0 fully saturated rings. The lowest BCUT2D eigenvalue weighted by atomic mass is 9.55. The highest BCUT2D eigenvalue weighted by molar-refractivity contribution is 6.51. The van der Waals surface area contributed by atoms with Crippen LogP contribution in [0.5, 0.6) is 0 Å². The lowest BCUT2D eigenvalue weighted by molar-refractivity contribution is 0.394. The summed E-state index contributed by atoms with van der Waals surface area (Å²) >= 11 is 0. The number of hydrogen-bond acceptors (Lipinski definition) is 0. The van der Waals surface area contributed by atoms with E-state index in [2.05, 4.69) is 0 Å². The highest BCUT2D eigenvalue weighted by Crippen LogP contribution is 2.50. The molecule has 14 radical (unpaired) electrons. The fourth-order valence-electron chi connectivity index (χ4n) is 4.84. The molecule has 0 aliphatic carbocycles. The van der Waals surface area contributed by atoms with Gasteiger partial charge in [-0.15, -0.1) is 5.46 Å². The van der Waals surface area contributed by atoms with E-state index < -0.39 is 136 Å². The van der Waals surface area contributed by atoms with Gasteiger partial charge in [-0.05, 0) is 17.0 Å². The van der Waals surface area contributed by atoms with Crippen molar-refractivity contribution in [2.45, 2.75) is 5.41 Å². The third-order valence-corrected chi connectivity index (χ3v) is 6.87. The van der Waals surface area contributed by atoms with Gasteiger partial charge >= 0.3 is 0 Å². The Hall–Kier alpha value is -3.51. The predicted octanol–water partition coefficient (Wildman–Crippen LogP) is -0.705. The third-order valence-electron chi connectivity index (χ3n) is 6.87. The van der Waals surface area contributed by atoms with Gasteiger partial charge in [-0.2, -0.15) is 0 Å². The summed E-state index contributed by atoms with van der Waals surface area (Å²) in [5, 5.41) is 0. The van der Waals surface area contributed by atoms with Crippen molar-refractivity contribution >= 4 is 93.2 Å². The van der Waals surface area contributed by atoms with Crippen LogP contribution in [0.25, 0.3) is 0 Å². The van der Waals surface area contributed by atoms with Gasteiger partial charge in [0.1, 0.15) is 66.6 Å². The molecular formula is C25HB7F12. The molecule has 0 spiro atoms. The van der Waals surface area contributed by atoms with E-state index in [0.717, 1.165) is 0 Å². The second-order valence-corrected chi connectivity index (χ2v) is 9.13. The molecule has 0 unspecified atom stereocenters. The Balaban J connectivity index is 2.68. The van der Waals surface area contributed by atoms with Crippen molar-refractivity contribution in [1.82, 2.24) is 0 Å². The zero-order valence-electron chi connectivity index (χ0n) is 21.2. The van der Waals surface area contributed by atoms with Gasteiger partial charge in [0, 0.05) is 22.3 Å². The highest BCUT2D eigenvalue weighted by Gasteiger charge is 2.54.